The van der Waals surface area contributed by atoms with E-state index in [1.165, 1.54) is 5.56 Å². The van der Waals surface area contributed by atoms with Crippen LogP contribution < -0.4 is 10.1 Å². The van der Waals surface area contributed by atoms with Crippen molar-refractivity contribution in [3.8, 4) is 5.88 Å². The van der Waals surface area contributed by atoms with Crippen molar-refractivity contribution in [2.45, 2.75) is 20.4 Å². The number of hydrogen-bond acceptors (Lipinski definition) is 4. The lowest BCUT2D eigenvalue weighted by molar-refractivity contribution is 0.251. The minimum atomic E-state index is 0.666. The van der Waals surface area contributed by atoms with Crippen molar-refractivity contribution in [1.82, 2.24) is 15.2 Å². The molecule has 0 saturated carbocycles. The normalized spacial score (nSPS) is 10.9. The van der Waals surface area contributed by atoms with Gasteiger partial charge in [0.05, 0.1) is 0 Å². The van der Waals surface area contributed by atoms with E-state index in [2.05, 4.69) is 28.2 Å². The maximum absolute atomic E-state index is 5.77. The summed E-state index contributed by atoms with van der Waals surface area (Å²) in [5.74, 6) is 0.763. The number of pyridine rings is 1. The van der Waals surface area contributed by atoms with Gasteiger partial charge >= 0.3 is 0 Å². The molecule has 0 saturated heterocycles. The average Bonchev–Trinajstić information content (AvgIpc) is 2.22. The van der Waals surface area contributed by atoms with Gasteiger partial charge in [-0.15, -0.1) is 0 Å². The lowest BCUT2D eigenvalue weighted by atomic mass is 10.1. The van der Waals surface area contributed by atoms with Crippen LogP contribution >= 0.6 is 0 Å². The molecule has 0 spiro atoms. The van der Waals surface area contributed by atoms with Crippen LogP contribution in [0.3, 0.4) is 0 Å². The largest absolute Gasteiger partial charge is 0.476 e. The van der Waals surface area contributed by atoms with Crippen molar-refractivity contribution in [3.05, 3.63) is 22.9 Å². The summed E-state index contributed by atoms with van der Waals surface area (Å²) in [6.07, 6.45) is 0. The van der Waals surface area contributed by atoms with Gasteiger partial charge in [-0.1, -0.05) is 0 Å². The third-order valence-electron chi connectivity index (χ3n) is 2.57. The standard InChI is InChI=1S/C13H23N3O/c1-10-8-11(2)15-13(12(10)9-14-3)17-7-6-16(4)5/h8,14H,6-7,9H2,1-5H3. The molecule has 0 aromatic carbocycles. The van der Waals surface area contributed by atoms with E-state index in [1.54, 1.807) is 0 Å². The molecule has 0 fully saturated rings. The Labute approximate surface area is 104 Å². The molecule has 0 aliphatic heterocycles. The Balaban J connectivity index is 2.80. The van der Waals surface area contributed by atoms with Gasteiger partial charge in [-0.3, -0.25) is 0 Å². The van der Waals surface area contributed by atoms with Crippen LogP contribution in [0.1, 0.15) is 16.8 Å². The maximum Gasteiger partial charge on any atom is 0.218 e. The average molecular weight is 237 g/mol. The Hall–Kier alpha value is -1.13. The Morgan fingerprint density at radius 2 is 2.06 bits per heavy atom. The van der Waals surface area contributed by atoms with Gasteiger partial charge in [-0.05, 0) is 46.6 Å². The zero-order valence-corrected chi connectivity index (χ0v) is 11.5. The molecule has 0 radical (unpaired) electrons. The molecule has 0 amide bonds. The summed E-state index contributed by atoms with van der Waals surface area (Å²) < 4.78 is 5.77. The molecule has 0 unspecified atom stereocenters. The second-order valence-corrected chi connectivity index (χ2v) is 4.55. The van der Waals surface area contributed by atoms with Crippen molar-refractivity contribution in [2.24, 2.45) is 0 Å². The van der Waals surface area contributed by atoms with E-state index in [1.807, 2.05) is 28.1 Å². The van der Waals surface area contributed by atoms with E-state index < -0.39 is 0 Å². The van der Waals surface area contributed by atoms with Gasteiger partial charge in [0.15, 0.2) is 0 Å². The first-order chi connectivity index (χ1) is 8.04. The molecule has 0 aliphatic carbocycles. The van der Waals surface area contributed by atoms with Crippen LogP contribution in [0, 0.1) is 13.8 Å². The van der Waals surface area contributed by atoms with Crippen LogP contribution in [-0.4, -0.2) is 44.2 Å². The predicted molar refractivity (Wildman–Crippen MR) is 70.5 cm³/mol. The molecule has 1 N–H and O–H groups in total. The summed E-state index contributed by atoms with van der Waals surface area (Å²) in [5, 5.41) is 3.15. The van der Waals surface area contributed by atoms with Gasteiger partial charge in [-0.25, -0.2) is 4.98 Å². The minimum absolute atomic E-state index is 0.666. The molecule has 96 valence electrons. The highest BCUT2D eigenvalue weighted by Gasteiger charge is 2.09. The van der Waals surface area contributed by atoms with Crippen LogP contribution in [0.5, 0.6) is 5.88 Å². The molecule has 0 aliphatic rings. The minimum Gasteiger partial charge on any atom is -0.476 e. The zero-order valence-electron chi connectivity index (χ0n) is 11.5. The van der Waals surface area contributed by atoms with Crippen LogP contribution in [0.15, 0.2) is 6.07 Å². The van der Waals surface area contributed by atoms with Gasteiger partial charge in [0, 0.05) is 24.3 Å². The van der Waals surface area contributed by atoms with Crippen molar-refractivity contribution < 1.29 is 4.74 Å². The number of nitrogens with zero attached hydrogens (tertiary/aromatic N) is 2. The van der Waals surface area contributed by atoms with Crippen molar-refractivity contribution >= 4 is 0 Å². The van der Waals surface area contributed by atoms with E-state index in [0.717, 1.165) is 30.2 Å². The van der Waals surface area contributed by atoms with Crippen LogP contribution in [-0.2, 0) is 6.54 Å². The highest BCUT2D eigenvalue weighted by Crippen LogP contribution is 2.20. The van der Waals surface area contributed by atoms with Gasteiger partial charge in [0.1, 0.15) is 6.61 Å². The molecule has 0 bridgehead atoms. The van der Waals surface area contributed by atoms with Crippen LogP contribution in [0.4, 0.5) is 0 Å². The summed E-state index contributed by atoms with van der Waals surface area (Å²) in [4.78, 5) is 6.57. The second-order valence-electron chi connectivity index (χ2n) is 4.55. The molecule has 17 heavy (non-hydrogen) atoms. The quantitative estimate of drug-likeness (QED) is 0.810. The van der Waals surface area contributed by atoms with E-state index in [4.69, 9.17) is 4.74 Å². The fourth-order valence-corrected chi connectivity index (χ4v) is 1.67. The number of aryl methyl sites for hydroxylation is 2. The number of nitrogens with one attached hydrogen (secondary N) is 1. The van der Waals surface area contributed by atoms with Gasteiger partial charge in [0.25, 0.3) is 0 Å². The first kappa shape index (κ1) is 13.9. The highest BCUT2D eigenvalue weighted by atomic mass is 16.5. The highest BCUT2D eigenvalue weighted by molar-refractivity contribution is 5.35. The topological polar surface area (TPSA) is 37.4 Å². The summed E-state index contributed by atoms with van der Waals surface area (Å²) in [5.41, 5.74) is 3.38. The van der Waals surface area contributed by atoms with Gasteiger partial charge in [-0.2, -0.15) is 0 Å². The molecule has 1 heterocycles. The van der Waals surface area contributed by atoms with Crippen molar-refractivity contribution in [2.75, 3.05) is 34.3 Å². The maximum atomic E-state index is 5.77. The fraction of sp³-hybridized carbons (Fsp3) is 0.615. The third kappa shape index (κ3) is 4.32. The number of hydrogen-bond donors (Lipinski definition) is 1. The molecular weight excluding hydrogens is 214 g/mol. The number of rotatable bonds is 6. The number of aromatic nitrogens is 1. The predicted octanol–water partition coefficient (Wildman–Crippen LogP) is 1.36. The monoisotopic (exact) mass is 237 g/mol. The Morgan fingerprint density at radius 3 is 2.65 bits per heavy atom. The molecule has 4 nitrogen and oxygen atoms in total. The third-order valence-corrected chi connectivity index (χ3v) is 2.57. The van der Waals surface area contributed by atoms with Crippen LogP contribution in [0.25, 0.3) is 0 Å². The first-order valence-electron chi connectivity index (χ1n) is 5.94. The molecule has 4 heteroatoms. The lowest BCUT2D eigenvalue weighted by Gasteiger charge is -2.15. The SMILES string of the molecule is CNCc1c(C)cc(C)nc1OCCN(C)C. The molecule has 1 aromatic heterocycles. The first-order valence-corrected chi connectivity index (χ1v) is 5.94. The lowest BCUT2D eigenvalue weighted by Crippen LogP contribution is -2.21. The number of likely N-dealkylation sites (N-methyl/N-ethyl adjacent to an activating group) is 1. The summed E-state index contributed by atoms with van der Waals surface area (Å²) >= 11 is 0. The zero-order chi connectivity index (χ0) is 12.8. The molecular formula is C13H23N3O. The Morgan fingerprint density at radius 1 is 1.35 bits per heavy atom. The molecule has 1 rings (SSSR count). The summed E-state index contributed by atoms with van der Waals surface area (Å²) in [6, 6.07) is 2.09. The molecule has 1 aromatic rings. The Bertz CT molecular complexity index is 364. The van der Waals surface area contributed by atoms with E-state index in [-0.39, 0.29) is 0 Å². The van der Waals surface area contributed by atoms with Crippen molar-refractivity contribution in [3.63, 3.8) is 0 Å². The van der Waals surface area contributed by atoms with Gasteiger partial charge in [0.2, 0.25) is 5.88 Å². The van der Waals surface area contributed by atoms with Gasteiger partial charge < -0.3 is 15.0 Å². The smallest absolute Gasteiger partial charge is 0.218 e. The summed E-state index contributed by atoms with van der Waals surface area (Å²) in [6.45, 7) is 6.44. The van der Waals surface area contributed by atoms with Crippen LogP contribution in [0.2, 0.25) is 0 Å². The van der Waals surface area contributed by atoms with E-state index in [9.17, 15) is 0 Å². The second kappa shape index (κ2) is 6.57. The van der Waals surface area contributed by atoms with E-state index >= 15 is 0 Å². The fourth-order valence-electron chi connectivity index (χ4n) is 1.67. The molecule has 0 atom stereocenters. The van der Waals surface area contributed by atoms with Crippen molar-refractivity contribution in [1.29, 1.82) is 0 Å². The number of ether oxygens (including phenoxy) is 1. The Kier molecular flexibility index (Phi) is 5.38. The summed E-state index contributed by atoms with van der Waals surface area (Å²) in [7, 11) is 6.00. The van der Waals surface area contributed by atoms with E-state index in [0.29, 0.717) is 6.61 Å².